The first-order chi connectivity index (χ1) is 10.5. The molecular formula is C15H14N2O3S2. The summed E-state index contributed by atoms with van der Waals surface area (Å²) in [6, 6.07) is 3.49. The third kappa shape index (κ3) is 2.57. The maximum absolute atomic E-state index is 12.2. The Morgan fingerprint density at radius 3 is 2.86 bits per heavy atom. The summed E-state index contributed by atoms with van der Waals surface area (Å²) in [5.74, 6) is -0.0487. The Labute approximate surface area is 134 Å². The van der Waals surface area contributed by atoms with Gasteiger partial charge in [0.2, 0.25) is 0 Å². The van der Waals surface area contributed by atoms with E-state index >= 15 is 0 Å². The second kappa shape index (κ2) is 5.66. The minimum atomic E-state index is -0.616. The summed E-state index contributed by atoms with van der Waals surface area (Å²) in [5.41, 5.74) is 0.754. The zero-order chi connectivity index (χ0) is 15.9. The molecule has 0 saturated carbocycles. The maximum atomic E-state index is 12.2. The van der Waals surface area contributed by atoms with Crippen molar-refractivity contribution in [3.63, 3.8) is 0 Å². The number of H-pyrrole nitrogens is 1. The first-order valence-corrected chi connectivity index (χ1v) is 8.41. The van der Waals surface area contributed by atoms with Gasteiger partial charge in [0, 0.05) is 4.88 Å². The lowest BCUT2D eigenvalue weighted by Gasteiger charge is -2.11. The Balaban J connectivity index is 1.93. The van der Waals surface area contributed by atoms with E-state index in [1.165, 1.54) is 22.7 Å². The first kappa shape index (κ1) is 14.9. The van der Waals surface area contributed by atoms with Crippen molar-refractivity contribution in [2.75, 3.05) is 0 Å². The van der Waals surface area contributed by atoms with Crippen molar-refractivity contribution in [3.8, 4) is 0 Å². The van der Waals surface area contributed by atoms with Crippen LogP contribution in [0.2, 0.25) is 0 Å². The summed E-state index contributed by atoms with van der Waals surface area (Å²) in [4.78, 5) is 33.6. The number of fused-ring (bicyclic) bond motifs is 1. The minimum absolute atomic E-state index is 0.194. The molecule has 0 saturated heterocycles. The number of aryl methyl sites for hydroxylation is 2. The van der Waals surface area contributed by atoms with E-state index in [-0.39, 0.29) is 5.56 Å². The van der Waals surface area contributed by atoms with Crippen molar-refractivity contribution in [3.05, 3.63) is 49.0 Å². The number of nitrogens with one attached hydrogen (secondary N) is 1. The highest BCUT2D eigenvalue weighted by Crippen LogP contribution is 2.27. The fourth-order valence-corrected chi connectivity index (χ4v) is 3.78. The summed E-state index contributed by atoms with van der Waals surface area (Å²) in [6.45, 7) is 5.56. The molecule has 0 bridgehead atoms. The van der Waals surface area contributed by atoms with Gasteiger partial charge < -0.3 is 9.72 Å². The quantitative estimate of drug-likeness (QED) is 0.743. The summed E-state index contributed by atoms with van der Waals surface area (Å²) >= 11 is 2.79. The monoisotopic (exact) mass is 334 g/mol. The first-order valence-electron chi connectivity index (χ1n) is 6.71. The predicted octanol–water partition coefficient (Wildman–Crippen LogP) is 3.58. The van der Waals surface area contributed by atoms with Crippen LogP contribution in [0.15, 0.2) is 22.3 Å². The Morgan fingerprint density at radius 2 is 2.18 bits per heavy atom. The molecule has 0 unspecified atom stereocenters. The summed E-state index contributed by atoms with van der Waals surface area (Å²) < 4.78 is 5.37. The number of aromatic amines is 1. The van der Waals surface area contributed by atoms with E-state index in [0.29, 0.717) is 20.9 Å². The maximum Gasteiger partial charge on any atom is 0.349 e. The third-order valence-corrected chi connectivity index (χ3v) is 5.40. The minimum Gasteiger partial charge on any atom is -0.450 e. The molecule has 1 N–H and O–H groups in total. The Bertz CT molecular complexity index is 894. The number of nitrogens with zero attached hydrogens (tertiary/aromatic N) is 1. The highest BCUT2D eigenvalue weighted by Gasteiger charge is 2.19. The molecule has 0 aliphatic heterocycles. The molecule has 5 nitrogen and oxygen atoms in total. The molecule has 22 heavy (non-hydrogen) atoms. The number of rotatable bonds is 3. The molecule has 1 atom stereocenters. The molecule has 3 aromatic rings. The zero-order valence-corrected chi connectivity index (χ0v) is 13.9. The number of esters is 1. The Kier molecular flexibility index (Phi) is 3.84. The molecule has 0 aliphatic carbocycles. The number of hydrogen-bond acceptors (Lipinski definition) is 6. The molecule has 114 valence electrons. The SMILES string of the molecule is Cc1sc2nc([C@@H](C)OC(=O)c3cccs3)[nH]c(=O)c2c1C. The number of carbonyl (C=O) groups is 1. The lowest BCUT2D eigenvalue weighted by atomic mass is 10.2. The van der Waals surface area contributed by atoms with Gasteiger partial charge in [-0.2, -0.15) is 0 Å². The van der Waals surface area contributed by atoms with E-state index in [1.807, 2.05) is 19.2 Å². The number of carbonyl (C=O) groups excluding carboxylic acids is 1. The Hall–Kier alpha value is -1.99. The molecule has 3 aromatic heterocycles. The van der Waals surface area contributed by atoms with Gasteiger partial charge in [-0.15, -0.1) is 22.7 Å². The highest BCUT2D eigenvalue weighted by molar-refractivity contribution is 7.18. The molecule has 0 spiro atoms. The van der Waals surface area contributed by atoms with Gasteiger partial charge in [-0.05, 0) is 37.8 Å². The fourth-order valence-electron chi connectivity index (χ4n) is 2.13. The van der Waals surface area contributed by atoms with Crippen LogP contribution in [0.3, 0.4) is 0 Å². The van der Waals surface area contributed by atoms with Crippen LogP contribution in [0.4, 0.5) is 0 Å². The van der Waals surface area contributed by atoms with Crippen molar-refractivity contribution >= 4 is 38.9 Å². The molecule has 0 amide bonds. The van der Waals surface area contributed by atoms with Crippen molar-refractivity contribution in [2.24, 2.45) is 0 Å². The molecule has 3 rings (SSSR count). The number of thiophene rings is 2. The van der Waals surface area contributed by atoms with E-state index in [2.05, 4.69) is 9.97 Å². The van der Waals surface area contributed by atoms with Gasteiger partial charge in [0.1, 0.15) is 9.71 Å². The smallest absolute Gasteiger partial charge is 0.349 e. The lowest BCUT2D eigenvalue weighted by Crippen LogP contribution is -2.16. The topological polar surface area (TPSA) is 72.0 Å². The highest BCUT2D eigenvalue weighted by atomic mass is 32.1. The van der Waals surface area contributed by atoms with Gasteiger partial charge in [-0.1, -0.05) is 6.07 Å². The van der Waals surface area contributed by atoms with Crippen LogP contribution in [0.5, 0.6) is 0 Å². The molecule has 7 heteroatoms. The van der Waals surface area contributed by atoms with Crippen LogP contribution in [0.1, 0.15) is 39.0 Å². The zero-order valence-electron chi connectivity index (χ0n) is 12.3. The van der Waals surface area contributed by atoms with Crippen LogP contribution >= 0.6 is 22.7 Å². The summed E-state index contributed by atoms with van der Waals surface area (Å²) in [6.07, 6.45) is -0.616. The normalized spacial score (nSPS) is 12.5. The molecule has 0 aliphatic rings. The predicted molar refractivity (Wildman–Crippen MR) is 87.9 cm³/mol. The van der Waals surface area contributed by atoms with E-state index in [0.717, 1.165) is 10.4 Å². The Morgan fingerprint density at radius 1 is 1.41 bits per heavy atom. The number of ether oxygens (including phenoxy) is 1. The van der Waals surface area contributed by atoms with Crippen molar-refractivity contribution < 1.29 is 9.53 Å². The van der Waals surface area contributed by atoms with Crippen LogP contribution in [0.25, 0.3) is 10.2 Å². The number of aromatic nitrogens is 2. The second-order valence-electron chi connectivity index (χ2n) is 4.94. The van der Waals surface area contributed by atoms with Crippen LogP contribution in [0, 0.1) is 13.8 Å². The molecule has 0 fully saturated rings. The van der Waals surface area contributed by atoms with Gasteiger partial charge >= 0.3 is 5.97 Å². The molecule has 0 aromatic carbocycles. The van der Waals surface area contributed by atoms with Crippen LogP contribution in [-0.4, -0.2) is 15.9 Å². The van der Waals surface area contributed by atoms with E-state index in [4.69, 9.17) is 4.74 Å². The van der Waals surface area contributed by atoms with Gasteiger partial charge in [0.05, 0.1) is 5.39 Å². The average Bonchev–Trinajstić information content (AvgIpc) is 3.08. The van der Waals surface area contributed by atoms with Crippen molar-refractivity contribution in [1.82, 2.24) is 9.97 Å². The van der Waals surface area contributed by atoms with Crippen molar-refractivity contribution in [1.29, 1.82) is 0 Å². The van der Waals surface area contributed by atoms with Gasteiger partial charge in [0.15, 0.2) is 11.9 Å². The van der Waals surface area contributed by atoms with E-state index < -0.39 is 12.1 Å². The fraction of sp³-hybridized carbons (Fsp3) is 0.267. The van der Waals surface area contributed by atoms with Crippen molar-refractivity contribution in [2.45, 2.75) is 26.9 Å². The molecule has 0 radical (unpaired) electrons. The van der Waals surface area contributed by atoms with Gasteiger partial charge in [-0.25, -0.2) is 9.78 Å². The van der Waals surface area contributed by atoms with Crippen LogP contribution in [-0.2, 0) is 4.74 Å². The standard InChI is InChI=1S/C15H14N2O3S2/c1-7-9(3)22-14-11(7)13(18)16-12(17-14)8(2)20-15(19)10-5-4-6-21-10/h4-6,8H,1-3H3,(H,16,17,18)/t8-/m1/s1. The number of hydrogen-bond donors (Lipinski definition) is 1. The largest absolute Gasteiger partial charge is 0.450 e. The summed E-state index contributed by atoms with van der Waals surface area (Å²) in [5, 5.41) is 2.42. The van der Waals surface area contributed by atoms with Gasteiger partial charge in [0.25, 0.3) is 5.56 Å². The molecule has 3 heterocycles. The van der Waals surface area contributed by atoms with E-state index in [9.17, 15) is 9.59 Å². The summed E-state index contributed by atoms with van der Waals surface area (Å²) in [7, 11) is 0. The molecular weight excluding hydrogens is 320 g/mol. The van der Waals surface area contributed by atoms with E-state index in [1.54, 1.807) is 19.1 Å². The third-order valence-electron chi connectivity index (χ3n) is 3.45. The lowest BCUT2D eigenvalue weighted by molar-refractivity contribution is 0.0326. The second-order valence-corrected chi connectivity index (χ2v) is 7.09. The van der Waals surface area contributed by atoms with Gasteiger partial charge in [-0.3, -0.25) is 4.79 Å². The van der Waals surface area contributed by atoms with Crippen LogP contribution < -0.4 is 5.56 Å². The average molecular weight is 334 g/mol.